The van der Waals surface area contributed by atoms with Crippen LogP contribution in [0.3, 0.4) is 0 Å². The minimum Gasteiger partial charge on any atom is -0.366 e. The van der Waals surface area contributed by atoms with Gasteiger partial charge < -0.3 is 9.26 Å². The van der Waals surface area contributed by atoms with Crippen molar-refractivity contribution in [2.75, 3.05) is 6.61 Å². The van der Waals surface area contributed by atoms with E-state index in [9.17, 15) is 4.79 Å². The number of hydrogen-bond donors (Lipinski definition) is 0. The lowest BCUT2D eigenvalue weighted by Crippen LogP contribution is -2.08. The van der Waals surface area contributed by atoms with Crippen molar-refractivity contribution in [3.05, 3.63) is 47.6 Å². The normalized spacial score (nSPS) is 12.3. The Morgan fingerprint density at radius 3 is 2.70 bits per heavy atom. The number of carbonyl (C=O) groups excluding carboxylic acids is 1. The van der Waals surface area contributed by atoms with Gasteiger partial charge >= 0.3 is 0 Å². The number of benzene rings is 1. The van der Waals surface area contributed by atoms with Gasteiger partial charge in [-0.1, -0.05) is 42.4 Å². The number of ketones is 1. The second kappa shape index (κ2) is 6.96. The highest BCUT2D eigenvalue weighted by molar-refractivity contribution is 5.79. The zero-order valence-electron chi connectivity index (χ0n) is 11.7. The standard InChI is InChI=1S/C15H18N2O3/c1-3-12(18)10-13-16-15(17-20-13)14(19-4-2)11-8-6-5-7-9-11/h5-9,14H,3-4,10H2,1-2H3. The van der Waals surface area contributed by atoms with Crippen LogP contribution in [0.25, 0.3) is 0 Å². The van der Waals surface area contributed by atoms with Crippen LogP contribution in [0.5, 0.6) is 0 Å². The molecule has 5 nitrogen and oxygen atoms in total. The van der Waals surface area contributed by atoms with Crippen LogP contribution in [-0.2, 0) is 16.0 Å². The summed E-state index contributed by atoms with van der Waals surface area (Å²) in [5.41, 5.74) is 0.962. The highest BCUT2D eigenvalue weighted by Gasteiger charge is 2.21. The fraction of sp³-hybridized carbons (Fsp3) is 0.400. The molecular formula is C15H18N2O3. The molecule has 0 aliphatic rings. The molecule has 1 aromatic carbocycles. The molecule has 0 spiro atoms. The summed E-state index contributed by atoms with van der Waals surface area (Å²) in [5.74, 6) is 0.873. The first-order chi connectivity index (χ1) is 9.74. The lowest BCUT2D eigenvalue weighted by atomic mass is 10.1. The summed E-state index contributed by atoms with van der Waals surface area (Å²) in [6.45, 7) is 4.27. The first-order valence-electron chi connectivity index (χ1n) is 6.75. The monoisotopic (exact) mass is 274 g/mol. The van der Waals surface area contributed by atoms with Gasteiger partial charge in [0, 0.05) is 13.0 Å². The van der Waals surface area contributed by atoms with E-state index in [4.69, 9.17) is 9.26 Å². The number of aromatic nitrogens is 2. The predicted octanol–water partition coefficient (Wildman–Crippen LogP) is 2.72. The Morgan fingerprint density at radius 1 is 1.30 bits per heavy atom. The molecule has 0 saturated heterocycles. The molecule has 5 heteroatoms. The fourth-order valence-electron chi connectivity index (χ4n) is 1.85. The summed E-state index contributed by atoms with van der Waals surface area (Å²) in [6.07, 6.45) is 0.276. The van der Waals surface area contributed by atoms with Gasteiger partial charge in [-0.2, -0.15) is 4.98 Å². The van der Waals surface area contributed by atoms with Crippen LogP contribution in [0.2, 0.25) is 0 Å². The largest absolute Gasteiger partial charge is 0.366 e. The summed E-state index contributed by atoms with van der Waals surface area (Å²) >= 11 is 0. The molecule has 1 heterocycles. The molecule has 0 bridgehead atoms. The zero-order valence-corrected chi connectivity index (χ0v) is 11.7. The first kappa shape index (κ1) is 14.4. The SMILES string of the molecule is CCOC(c1ccccc1)c1noc(CC(=O)CC)n1. The minimum absolute atomic E-state index is 0.0767. The average molecular weight is 274 g/mol. The summed E-state index contributed by atoms with van der Waals surface area (Å²) in [7, 11) is 0. The Kier molecular flexibility index (Phi) is 5.01. The maximum Gasteiger partial charge on any atom is 0.234 e. The third kappa shape index (κ3) is 3.51. The van der Waals surface area contributed by atoms with Crippen molar-refractivity contribution in [3.63, 3.8) is 0 Å². The van der Waals surface area contributed by atoms with Gasteiger partial charge in [0.25, 0.3) is 0 Å². The molecule has 0 aliphatic heterocycles. The van der Waals surface area contributed by atoms with E-state index in [0.717, 1.165) is 5.56 Å². The van der Waals surface area contributed by atoms with Crippen molar-refractivity contribution in [2.24, 2.45) is 0 Å². The molecular weight excluding hydrogens is 256 g/mol. The van der Waals surface area contributed by atoms with E-state index in [0.29, 0.717) is 24.7 Å². The topological polar surface area (TPSA) is 65.2 Å². The van der Waals surface area contributed by atoms with Gasteiger partial charge in [0.2, 0.25) is 11.7 Å². The van der Waals surface area contributed by atoms with E-state index in [2.05, 4.69) is 10.1 Å². The van der Waals surface area contributed by atoms with Gasteiger partial charge in [0.05, 0.1) is 6.42 Å². The Bertz CT molecular complexity index is 551. The van der Waals surface area contributed by atoms with E-state index in [1.807, 2.05) is 44.2 Å². The number of hydrogen-bond acceptors (Lipinski definition) is 5. The Hall–Kier alpha value is -2.01. The second-order valence-electron chi connectivity index (χ2n) is 4.36. The first-order valence-corrected chi connectivity index (χ1v) is 6.75. The zero-order chi connectivity index (χ0) is 14.4. The smallest absolute Gasteiger partial charge is 0.234 e. The van der Waals surface area contributed by atoms with Crippen molar-refractivity contribution in [2.45, 2.75) is 32.8 Å². The molecule has 0 N–H and O–H groups in total. The van der Waals surface area contributed by atoms with E-state index in [1.165, 1.54) is 0 Å². The summed E-state index contributed by atoms with van der Waals surface area (Å²) in [6, 6.07) is 9.71. The van der Waals surface area contributed by atoms with E-state index >= 15 is 0 Å². The number of rotatable bonds is 7. The number of ether oxygens (including phenoxy) is 1. The molecule has 2 rings (SSSR count). The van der Waals surface area contributed by atoms with E-state index in [1.54, 1.807) is 0 Å². The lowest BCUT2D eigenvalue weighted by Gasteiger charge is -2.13. The predicted molar refractivity (Wildman–Crippen MR) is 73.2 cm³/mol. The fourth-order valence-corrected chi connectivity index (χ4v) is 1.85. The Labute approximate surface area is 118 Å². The molecule has 1 unspecified atom stereocenters. The Balaban J connectivity index is 2.20. The van der Waals surface area contributed by atoms with Gasteiger partial charge in [-0.15, -0.1) is 0 Å². The second-order valence-corrected chi connectivity index (χ2v) is 4.36. The summed E-state index contributed by atoms with van der Waals surface area (Å²) in [5, 5.41) is 3.94. The average Bonchev–Trinajstić information content (AvgIpc) is 2.93. The lowest BCUT2D eigenvalue weighted by molar-refractivity contribution is -0.118. The highest BCUT2D eigenvalue weighted by Crippen LogP contribution is 2.23. The van der Waals surface area contributed by atoms with Crippen molar-refractivity contribution in [3.8, 4) is 0 Å². The van der Waals surface area contributed by atoms with Crippen molar-refractivity contribution < 1.29 is 14.1 Å². The number of nitrogens with zero attached hydrogens (tertiary/aromatic N) is 2. The third-order valence-corrected chi connectivity index (χ3v) is 2.90. The highest BCUT2D eigenvalue weighted by atomic mass is 16.5. The minimum atomic E-state index is -0.365. The van der Waals surface area contributed by atoms with Crippen LogP contribution in [0.15, 0.2) is 34.9 Å². The summed E-state index contributed by atoms with van der Waals surface area (Å²) in [4.78, 5) is 15.7. The van der Waals surface area contributed by atoms with Gasteiger partial charge in [-0.05, 0) is 12.5 Å². The number of carbonyl (C=O) groups is 1. The quantitative estimate of drug-likeness (QED) is 0.776. The van der Waals surface area contributed by atoms with E-state index < -0.39 is 0 Å². The van der Waals surface area contributed by atoms with Crippen LogP contribution in [0, 0.1) is 0 Å². The van der Waals surface area contributed by atoms with Gasteiger partial charge in [0.15, 0.2) is 0 Å². The van der Waals surface area contributed by atoms with Crippen molar-refractivity contribution in [1.82, 2.24) is 10.1 Å². The molecule has 2 aromatic rings. The van der Waals surface area contributed by atoms with Crippen LogP contribution in [0.1, 0.15) is 43.7 Å². The molecule has 106 valence electrons. The van der Waals surface area contributed by atoms with Gasteiger partial charge in [0.1, 0.15) is 11.9 Å². The maximum atomic E-state index is 11.4. The van der Waals surface area contributed by atoms with Crippen LogP contribution in [0.4, 0.5) is 0 Å². The molecule has 20 heavy (non-hydrogen) atoms. The number of Topliss-reactive ketones (excluding diaryl/α,β-unsaturated/α-hetero) is 1. The molecule has 0 aliphatic carbocycles. The molecule has 0 amide bonds. The van der Waals surface area contributed by atoms with Crippen LogP contribution in [-0.4, -0.2) is 22.5 Å². The summed E-state index contributed by atoms with van der Waals surface area (Å²) < 4.78 is 10.8. The van der Waals surface area contributed by atoms with Crippen LogP contribution < -0.4 is 0 Å². The molecule has 0 fully saturated rings. The van der Waals surface area contributed by atoms with Crippen molar-refractivity contribution in [1.29, 1.82) is 0 Å². The van der Waals surface area contributed by atoms with Gasteiger partial charge in [-0.25, -0.2) is 0 Å². The Morgan fingerprint density at radius 2 is 2.05 bits per heavy atom. The van der Waals surface area contributed by atoms with Crippen LogP contribution >= 0.6 is 0 Å². The maximum absolute atomic E-state index is 11.4. The van der Waals surface area contributed by atoms with Crippen molar-refractivity contribution >= 4 is 5.78 Å². The molecule has 1 aromatic heterocycles. The molecule has 0 saturated carbocycles. The van der Waals surface area contributed by atoms with E-state index in [-0.39, 0.29) is 18.3 Å². The third-order valence-electron chi connectivity index (χ3n) is 2.90. The molecule has 0 radical (unpaired) electrons. The molecule has 1 atom stereocenters. The van der Waals surface area contributed by atoms with Gasteiger partial charge in [-0.3, -0.25) is 4.79 Å².